The summed E-state index contributed by atoms with van der Waals surface area (Å²) in [5.74, 6) is -2.00. The molecule has 358 valence electrons. The van der Waals surface area contributed by atoms with Crippen molar-refractivity contribution in [1.29, 1.82) is 0 Å². The van der Waals surface area contributed by atoms with Crippen molar-refractivity contribution in [2.45, 2.75) is 65.6 Å². The van der Waals surface area contributed by atoms with Crippen LogP contribution in [0.1, 0.15) is 62.9 Å². The molecule has 2 aliphatic rings. The lowest BCUT2D eigenvalue weighted by Gasteiger charge is -2.35. The average molecular weight is 979 g/mol. The molecule has 4 aromatic carbocycles. The fourth-order valence-electron chi connectivity index (χ4n) is 9.82. The molecule has 1 unspecified atom stereocenters. The Labute approximate surface area is 405 Å². The summed E-state index contributed by atoms with van der Waals surface area (Å²) < 4.78 is 25.5. The van der Waals surface area contributed by atoms with E-state index in [0.29, 0.717) is 102 Å². The fraction of sp³-hybridized carbons (Fsp3) is 0.340. The van der Waals surface area contributed by atoms with Gasteiger partial charge in [0.25, 0.3) is 5.91 Å². The van der Waals surface area contributed by atoms with E-state index in [9.17, 15) is 33.5 Å². The fourth-order valence-corrected chi connectivity index (χ4v) is 10.3. The van der Waals surface area contributed by atoms with Crippen molar-refractivity contribution in [2.75, 3.05) is 39.3 Å². The van der Waals surface area contributed by atoms with Crippen molar-refractivity contribution in [3.8, 4) is 16.9 Å². The molecule has 0 bridgehead atoms. The van der Waals surface area contributed by atoms with E-state index in [1.165, 1.54) is 18.2 Å². The van der Waals surface area contributed by atoms with Crippen LogP contribution in [-0.2, 0) is 40.9 Å². The summed E-state index contributed by atoms with van der Waals surface area (Å²) in [5.41, 5.74) is 5.62. The van der Waals surface area contributed by atoms with E-state index < -0.39 is 29.7 Å². The number of nitrogens with zero attached hydrogens (tertiary/aromatic N) is 7. The maximum atomic E-state index is 14.0. The van der Waals surface area contributed by atoms with Crippen molar-refractivity contribution in [3.05, 3.63) is 111 Å². The molecule has 2 saturated heterocycles. The number of imidazole rings is 1. The van der Waals surface area contributed by atoms with Crippen molar-refractivity contribution in [1.82, 2.24) is 44.3 Å². The van der Waals surface area contributed by atoms with Crippen LogP contribution in [-0.4, -0.2) is 114 Å². The van der Waals surface area contributed by atoms with E-state index in [2.05, 4.69) is 25.6 Å². The minimum atomic E-state index is -1.07. The van der Waals surface area contributed by atoms with Crippen molar-refractivity contribution >= 4 is 85.5 Å². The topological polar surface area (TPSA) is 186 Å². The third-order valence-electron chi connectivity index (χ3n) is 13.4. The first-order valence-electron chi connectivity index (χ1n) is 22.8. The second-order valence-corrected chi connectivity index (χ2v) is 18.4. The monoisotopic (exact) mass is 977 g/mol. The van der Waals surface area contributed by atoms with E-state index in [4.69, 9.17) is 27.9 Å². The first-order chi connectivity index (χ1) is 33.1. The van der Waals surface area contributed by atoms with Crippen LogP contribution in [0.15, 0.2) is 60.7 Å². The zero-order chi connectivity index (χ0) is 48.8. The molecule has 3 aromatic heterocycles. The van der Waals surface area contributed by atoms with Crippen molar-refractivity contribution in [2.24, 2.45) is 7.05 Å². The van der Waals surface area contributed by atoms with Crippen LogP contribution in [0.25, 0.3) is 43.8 Å². The van der Waals surface area contributed by atoms with Gasteiger partial charge in [0.2, 0.25) is 17.7 Å². The highest BCUT2D eigenvalue weighted by atomic mass is 35.5. The Morgan fingerprint density at radius 3 is 2.39 bits per heavy atom. The normalized spacial score (nSPS) is 15.6. The third kappa shape index (κ3) is 9.13. The molecule has 19 heteroatoms. The van der Waals surface area contributed by atoms with Gasteiger partial charge in [-0.1, -0.05) is 41.4 Å². The molecule has 0 saturated carbocycles. The van der Waals surface area contributed by atoms with E-state index >= 15 is 0 Å². The molecule has 9 rings (SSSR count). The molecule has 0 radical (unpaired) electrons. The van der Waals surface area contributed by atoms with Gasteiger partial charge < -0.3 is 29.2 Å². The first-order valence-corrected chi connectivity index (χ1v) is 23.5. The van der Waals surface area contributed by atoms with E-state index in [0.717, 1.165) is 33.1 Å². The van der Waals surface area contributed by atoms with Gasteiger partial charge in [-0.3, -0.25) is 34.1 Å². The summed E-state index contributed by atoms with van der Waals surface area (Å²) in [6.07, 6.45) is 1.17. The summed E-state index contributed by atoms with van der Waals surface area (Å²) >= 11 is 13.8. The summed E-state index contributed by atoms with van der Waals surface area (Å²) in [4.78, 5) is 73.4. The number of carboxylic acid groups (broad SMARTS) is 1. The smallest absolute Gasteiger partial charge is 0.352 e. The van der Waals surface area contributed by atoms with E-state index in [-0.39, 0.29) is 47.9 Å². The summed E-state index contributed by atoms with van der Waals surface area (Å²) in [6.45, 7) is 8.51. The molecule has 4 amide bonds. The summed E-state index contributed by atoms with van der Waals surface area (Å²) in [6, 6.07) is 15.9. The molecule has 69 heavy (non-hydrogen) atoms. The number of ether oxygens (including phenoxy) is 1. The number of carboxylic acids is 1. The van der Waals surface area contributed by atoms with Crippen LogP contribution in [0.3, 0.4) is 0 Å². The van der Waals surface area contributed by atoms with Gasteiger partial charge in [-0.15, -0.1) is 0 Å². The number of imide groups is 1. The number of piperidine rings is 1. The second-order valence-electron chi connectivity index (χ2n) is 17.6. The molecule has 2 aliphatic heterocycles. The Kier molecular flexibility index (Phi) is 13.2. The van der Waals surface area contributed by atoms with E-state index in [1.807, 2.05) is 55.8 Å². The van der Waals surface area contributed by atoms with Gasteiger partial charge in [0.05, 0.1) is 38.9 Å². The lowest BCUT2D eigenvalue weighted by atomic mass is 9.98. The number of hydrogen-bond donors (Lipinski definition) is 3. The molecule has 0 spiro atoms. The third-order valence-corrected chi connectivity index (χ3v) is 14.0. The summed E-state index contributed by atoms with van der Waals surface area (Å²) in [7, 11) is 1.86. The molecule has 0 aliphatic carbocycles. The zero-order valence-electron chi connectivity index (χ0n) is 38.5. The van der Waals surface area contributed by atoms with Crippen LogP contribution in [0.2, 0.25) is 10.0 Å². The Hall–Kier alpha value is -6.82. The average Bonchev–Trinajstić information content (AvgIpc) is 3.91. The second kappa shape index (κ2) is 19.3. The van der Waals surface area contributed by atoms with Gasteiger partial charge in [0, 0.05) is 80.3 Å². The summed E-state index contributed by atoms with van der Waals surface area (Å²) in [5, 5.41) is 23.6. The lowest BCUT2D eigenvalue weighted by Crippen LogP contribution is -2.52. The van der Waals surface area contributed by atoms with Crippen molar-refractivity contribution in [3.63, 3.8) is 0 Å². The Morgan fingerprint density at radius 2 is 1.67 bits per heavy atom. The number of nitrogens with one attached hydrogen (secondary N) is 2. The highest BCUT2D eigenvalue weighted by molar-refractivity contribution is 6.36. The number of aromatic nitrogens is 5. The zero-order valence-corrected chi connectivity index (χ0v) is 40.0. The number of fused-ring (bicyclic) bond motifs is 3. The Balaban J connectivity index is 0.925. The molecule has 3 N–H and O–H groups in total. The largest absolute Gasteiger partial charge is 0.493 e. The molecule has 1 atom stereocenters. The molecule has 7 aromatic rings. The highest BCUT2D eigenvalue weighted by Crippen LogP contribution is 2.42. The maximum Gasteiger partial charge on any atom is 0.352 e. The van der Waals surface area contributed by atoms with Gasteiger partial charge in [-0.2, -0.15) is 5.10 Å². The number of aryl methyl sites for hydroxylation is 4. The lowest BCUT2D eigenvalue weighted by molar-refractivity contribution is -0.135. The van der Waals surface area contributed by atoms with Crippen LogP contribution >= 0.6 is 23.2 Å². The SMILES string of the molecule is Cc1nn(C)c(C)c1-c1c(Cl)ccc2c(CCCOc3cccc4cc(F)ccc34)c(C(=O)O)n(CCN3CCN(C(=O)Cn4c(C)nc5c(C(=O)NC6CCC(=O)NC6=O)ccc(Cl)c54)CC3)c12. The number of rotatable bonds is 14. The minimum absolute atomic E-state index is 0.0793. The Morgan fingerprint density at radius 1 is 0.913 bits per heavy atom. The van der Waals surface area contributed by atoms with Gasteiger partial charge in [-0.25, -0.2) is 14.2 Å². The van der Waals surface area contributed by atoms with Crippen LogP contribution in [0.5, 0.6) is 5.75 Å². The van der Waals surface area contributed by atoms with Gasteiger partial charge >= 0.3 is 5.97 Å². The number of aromatic carboxylic acids is 1. The standard InChI is InChI=1S/C50H50Cl2FN9O7/c1-27-42(28(2)58(4)57-27)43-36(51)14-12-34-33(8-6-24-69-39-9-5-7-30-25-31(53)10-11-32(30)39)46(50(67)68)61(45(34)43)23-20-59-18-21-60(22-19-59)41(64)26-62-29(3)54-44-35(13-15-37(52)47(44)62)48(65)55-38-16-17-40(63)56-49(38)66/h5,7,9-15,25,38H,6,8,16-24,26H2,1-4H3,(H,55,65)(H,67,68)(H,56,63,66). The first kappa shape index (κ1) is 47.3. The Bertz CT molecular complexity index is 3240. The predicted molar refractivity (Wildman–Crippen MR) is 259 cm³/mol. The number of hydrogen-bond acceptors (Lipinski definition) is 9. The minimum Gasteiger partial charge on any atom is -0.493 e. The van der Waals surface area contributed by atoms with Crippen LogP contribution < -0.4 is 15.4 Å². The number of carbonyl (C=O) groups is 5. The predicted octanol–water partition coefficient (Wildman–Crippen LogP) is 7.01. The molecule has 5 heterocycles. The van der Waals surface area contributed by atoms with E-state index in [1.54, 1.807) is 33.2 Å². The van der Waals surface area contributed by atoms with Crippen molar-refractivity contribution < 1.29 is 38.2 Å². The van der Waals surface area contributed by atoms with Crippen LogP contribution in [0.4, 0.5) is 4.39 Å². The highest BCUT2D eigenvalue weighted by Gasteiger charge is 2.32. The number of carbonyl (C=O) groups excluding carboxylic acids is 4. The number of halogens is 3. The molecular weight excluding hydrogens is 929 g/mol. The molecular formula is C50H50Cl2FN9O7. The quantitative estimate of drug-likeness (QED) is 0.0757. The molecule has 16 nitrogen and oxygen atoms in total. The number of benzene rings is 4. The van der Waals surface area contributed by atoms with Gasteiger partial charge in [0.1, 0.15) is 41.2 Å². The number of piperazine rings is 1. The van der Waals surface area contributed by atoms with Gasteiger partial charge in [0.15, 0.2) is 0 Å². The molecule has 2 fully saturated rings. The maximum absolute atomic E-state index is 14.0. The van der Waals surface area contributed by atoms with Crippen LogP contribution in [0, 0.1) is 26.6 Å². The number of amides is 4. The van der Waals surface area contributed by atoms with Gasteiger partial charge in [-0.05, 0) is 93.4 Å².